The lowest BCUT2D eigenvalue weighted by atomic mass is 9.88. The van der Waals surface area contributed by atoms with Crippen molar-refractivity contribution in [2.24, 2.45) is 17.8 Å². The molecule has 5 atom stereocenters. The molecule has 11 nitrogen and oxygen atoms in total. The van der Waals surface area contributed by atoms with E-state index in [9.17, 15) is 29.2 Å². The molecule has 0 heterocycles. The van der Waals surface area contributed by atoms with E-state index in [1.54, 1.807) is 12.2 Å². The van der Waals surface area contributed by atoms with Crippen molar-refractivity contribution in [3.8, 4) is 0 Å². The number of rotatable bonds is 34. The minimum absolute atomic E-state index is 0.0369. The summed E-state index contributed by atoms with van der Waals surface area (Å²) in [5.74, 6) is -0.787. The summed E-state index contributed by atoms with van der Waals surface area (Å²) in [6.45, 7) is 5.71. The Morgan fingerprint density at radius 1 is 0.774 bits per heavy atom. The number of ketones is 1. The molecule has 0 saturated heterocycles. The van der Waals surface area contributed by atoms with Crippen molar-refractivity contribution in [3.63, 3.8) is 0 Å². The molecule has 0 aliphatic heterocycles. The van der Waals surface area contributed by atoms with E-state index in [0.717, 1.165) is 57.3 Å². The van der Waals surface area contributed by atoms with Gasteiger partial charge in [0.25, 0.3) is 0 Å². The van der Waals surface area contributed by atoms with Crippen LogP contribution in [-0.4, -0.2) is 69.2 Å². The van der Waals surface area contributed by atoms with Crippen LogP contribution in [0.25, 0.3) is 0 Å². The molecule has 1 saturated carbocycles. The molecule has 0 unspecified atom stereocenters. The summed E-state index contributed by atoms with van der Waals surface area (Å²) in [5, 5.41) is 20.6. The van der Waals surface area contributed by atoms with Gasteiger partial charge in [0.1, 0.15) is 12.4 Å². The van der Waals surface area contributed by atoms with Crippen molar-refractivity contribution < 1.29 is 52.9 Å². The largest absolute Gasteiger partial charge is 0.469 e. The van der Waals surface area contributed by atoms with E-state index in [2.05, 4.69) is 25.3 Å². The molecule has 0 spiro atoms. The van der Waals surface area contributed by atoms with Gasteiger partial charge in [-0.1, -0.05) is 148 Å². The molecule has 0 radical (unpaired) electrons. The van der Waals surface area contributed by atoms with Crippen LogP contribution in [-0.2, 0) is 32.9 Å². The number of hydrogen-bond donors (Lipinski definition) is 4. The molecule has 0 aromatic heterocycles. The minimum atomic E-state index is -4.82. The molecule has 310 valence electrons. The molecule has 4 N–H and O–H groups in total. The Labute approximate surface area is 320 Å². The Morgan fingerprint density at radius 2 is 1.30 bits per heavy atom. The Kier molecular flexibility index (Phi) is 28.5. The number of aliphatic hydroxyl groups excluding tert-OH is 2. The lowest BCUT2D eigenvalue weighted by Crippen LogP contribution is -2.29. The van der Waals surface area contributed by atoms with Crippen molar-refractivity contribution in [1.82, 2.24) is 0 Å². The summed E-state index contributed by atoms with van der Waals surface area (Å²) in [6, 6.07) is 0. The zero-order valence-corrected chi connectivity index (χ0v) is 34.2. The quantitative estimate of drug-likeness (QED) is 0.0212. The highest BCUT2D eigenvalue weighted by molar-refractivity contribution is 7.46. The summed E-state index contributed by atoms with van der Waals surface area (Å²) in [7, 11) is -4.82. The average molecular weight is 775 g/mol. The predicted octanol–water partition coefficient (Wildman–Crippen LogP) is 9.07. The highest BCUT2D eigenvalue weighted by atomic mass is 31.2. The van der Waals surface area contributed by atoms with Crippen LogP contribution in [0.5, 0.6) is 0 Å². The maximum atomic E-state index is 12.5. The first-order valence-electron chi connectivity index (χ1n) is 20.9. The molecular weight excluding hydrogens is 699 g/mol. The second-order valence-corrected chi connectivity index (χ2v) is 16.8. The van der Waals surface area contributed by atoms with Gasteiger partial charge in [0, 0.05) is 31.1 Å². The summed E-state index contributed by atoms with van der Waals surface area (Å²) in [4.78, 5) is 55.6. The number of phosphoric ester groups is 1. The fourth-order valence-corrected chi connectivity index (χ4v) is 7.29. The van der Waals surface area contributed by atoms with E-state index in [1.807, 2.05) is 0 Å². The summed E-state index contributed by atoms with van der Waals surface area (Å²) in [6.07, 6.45) is 24.1. The Balaban J connectivity index is 2.26. The number of unbranched alkanes of at least 4 members (excludes halogenated alkanes) is 16. The number of hydrogen-bond acceptors (Lipinski definition) is 9. The topological polar surface area (TPSA) is 177 Å². The van der Waals surface area contributed by atoms with Gasteiger partial charge in [-0.3, -0.25) is 18.9 Å². The lowest BCUT2D eigenvalue weighted by Gasteiger charge is -2.19. The molecule has 1 aliphatic carbocycles. The highest BCUT2D eigenvalue weighted by Crippen LogP contribution is 2.36. The summed E-state index contributed by atoms with van der Waals surface area (Å²) in [5.41, 5.74) is 0. The standard InChI is InChI=1S/C41H75O11P/c1-4-5-18-24-34(42)28-29-37-36(38(43)30-39(37)44)25-20-16-17-22-27-41(46)52-35(32-51-53(47,48)49)31-50-40(45)26-21-15-13-11-9-7-6-8-10-12-14-19-23-33(2)3/h28-29,33-37,39,42,44H,4-27,30-32H2,1-3H3,(H2,47,48,49)/b29-28+/t34-,35+,36+,37+,39+/m0/s1. The number of ether oxygens (including phenoxy) is 2. The molecule has 0 aromatic carbocycles. The average Bonchev–Trinajstić information content (AvgIpc) is 3.36. The number of carbonyl (C=O) groups excluding carboxylic acids is 3. The number of esters is 2. The molecule has 53 heavy (non-hydrogen) atoms. The van der Waals surface area contributed by atoms with E-state index < -0.39 is 44.7 Å². The van der Waals surface area contributed by atoms with Crippen molar-refractivity contribution in [2.75, 3.05) is 13.2 Å². The first-order chi connectivity index (χ1) is 25.3. The van der Waals surface area contributed by atoms with Crippen molar-refractivity contribution in [2.45, 2.75) is 200 Å². The van der Waals surface area contributed by atoms with Gasteiger partial charge >= 0.3 is 19.8 Å². The molecular formula is C41H75O11P. The molecule has 0 amide bonds. The zero-order chi connectivity index (χ0) is 39.3. The van der Waals surface area contributed by atoms with Crippen LogP contribution in [0.1, 0.15) is 181 Å². The second-order valence-electron chi connectivity index (χ2n) is 15.6. The molecule has 1 aliphatic rings. The molecule has 1 rings (SSSR count). The van der Waals surface area contributed by atoms with Gasteiger partial charge in [-0.05, 0) is 31.6 Å². The van der Waals surface area contributed by atoms with Crippen LogP contribution in [0.4, 0.5) is 0 Å². The minimum Gasteiger partial charge on any atom is -0.462 e. The molecule has 0 aromatic rings. The van der Waals surface area contributed by atoms with Crippen molar-refractivity contribution in [3.05, 3.63) is 12.2 Å². The third kappa shape index (κ3) is 27.6. The molecule has 0 bridgehead atoms. The summed E-state index contributed by atoms with van der Waals surface area (Å²) >= 11 is 0. The SMILES string of the molecule is CCCCC[C@H](O)/C=C/[C@H]1[C@H](O)CC(=O)[C@@H]1CCCCCCC(=O)O[C@H](COC(=O)CCCCCCCCCCCCCCC(C)C)COP(=O)(O)O. The number of aliphatic hydroxyl groups is 2. The fourth-order valence-electron chi connectivity index (χ4n) is 6.92. The van der Waals surface area contributed by atoms with E-state index in [4.69, 9.17) is 19.3 Å². The van der Waals surface area contributed by atoms with E-state index >= 15 is 0 Å². The fraction of sp³-hybridized carbons (Fsp3) is 0.878. The Bertz CT molecular complexity index is 1040. The van der Waals surface area contributed by atoms with Crippen molar-refractivity contribution in [1.29, 1.82) is 0 Å². The molecule has 12 heteroatoms. The van der Waals surface area contributed by atoms with Crippen LogP contribution < -0.4 is 0 Å². The van der Waals surface area contributed by atoms with Crippen LogP contribution in [0.15, 0.2) is 12.2 Å². The summed E-state index contributed by atoms with van der Waals surface area (Å²) < 4.78 is 26.4. The van der Waals surface area contributed by atoms with Crippen molar-refractivity contribution >= 4 is 25.5 Å². The van der Waals surface area contributed by atoms with Gasteiger partial charge < -0.3 is 29.5 Å². The van der Waals surface area contributed by atoms with Gasteiger partial charge in [0.05, 0.1) is 18.8 Å². The third-order valence-corrected chi connectivity index (χ3v) is 10.6. The van der Waals surface area contributed by atoms with Crippen LogP contribution in [0, 0.1) is 17.8 Å². The van der Waals surface area contributed by atoms with Gasteiger partial charge in [0.2, 0.25) is 0 Å². The van der Waals surface area contributed by atoms with E-state index in [-0.39, 0.29) is 43.5 Å². The third-order valence-electron chi connectivity index (χ3n) is 10.1. The predicted molar refractivity (Wildman–Crippen MR) is 208 cm³/mol. The monoisotopic (exact) mass is 775 g/mol. The number of carbonyl (C=O) groups is 3. The van der Waals surface area contributed by atoms with Crippen LogP contribution >= 0.6 is 7.82 Å². The normalized spacial score (nSPS) is 18.9. The van der Waals surface area contributed by atoms with Gasteiger partial charge in [0.15, 0.2) is 6.10 Å². The Morgan fingerprint density at radius 3 is 1.87 bits per heavy atom. The first-order valence-corrected chi connectivity index (χ1v) is 22.5. The highest BCUT2D eigenvalue weighted by Gasteiger charge is 2.39. The maximum Gasteiger partial charge on any atom is 0.469 e. The van der Waals surface area contributed by atoms with E-state index in [0.29, 0.717) is 32.1 Å². The van der Waals surface area contributed by atoms with Gasteiger partial charge in [-0.2, -0.15) is 0 Å². The van der Waals surface area contributed by atoms with Gasteiger partial charge in [-0.25, -0.2) is 4.57 Å². The van der Waals surface area contributed by atoms with Gasteiger partial charge in [-0.15, -0.1) is 0 Å². The second kappa shape index (κ2) is 30.6. The maximum absolute atomic E-state index is 12.5. The number of Topliss-reactive ketones (excluding diaryl/α,β-unsaturated/α-hetero) is 1. The number of phosphoric acid groups is 1. The molecule has 1 fully saturated rings. The first kappa shape index (κ1) is 49.4. The van der Waals surface area contributed by atoms with Crippen LogP contribution in [0.3, 0.4) is 0 Å². The smallest absolute Gasteiger partial charge is 0.462 e. The Hall–Kier alpha value is -1.62. The zero-order valence-electron chi connectivity index (χ0n) is 33.3. The van der Waals surface area contributed by atoms with E-state index in [1.165, 1.54) is 57.8 Å². The van der Waals surface area contributed by atoms with Crippen LogP contribution in [0.2, 0.25) is 0 Å². The lowest BCUT2D eigenvalue weighted by molar-refractivity contribution is -0.161.